The van der Waals surface area contributed by atoms with Crippen molar-refractivity contribution in [2.24, 2.45) is 29.4 Å². The topological polar surface area (TPSA) is 43.1 Å². The van der Waals surface area contributed by atoms with E-state index in [4.69, 9.17) is 5.73 Å². The van der Waals surface area contributed by atoms with Gasteiger partial charge in [0.05, 0.1) is 0 Å². The lowest BCUT2D eigenvalue weighted by Crippen LogP contribution is -2.26. The van der Waals surface area contributed by atoms with Crippen LogP contribution in [0.15, 0.2) is 0 Å². The Balaban J connectivity index is 1.95. The lowest BCUT2D eigenvalue weighted by molar-refractivity contribution is -0.122. The van der Waals surface area contributed by atoms with Crippen molar-refractivity contribution in [3.8, 4) is 0 Å². The molecule has 13 heavy (non-hydrogen) atoms. The summed E-state index contributed by atoms with van der Waals surface area (Å²) in [6.07, 6.45) is 6.72. The molecule has 2 fully saturated rings. The highest BCUT2D eigenvalue weighted by Crippen LogP contribution is 2.48. The SMILES string of the molecule is CC(C(N)=O)C1C[C@H]2CCC[C@H]2C1. The molecule has 2 saturated carbocycles. The van der Waals surface area contributed by atoms with E-state index in [1.165, 1.54) is 32.1 Å². The first-order chi connectivity index (χ1) is 6.18. The molecule has 0 saturated heterocycles. The highest BCUT2D eigenvalue weighted by molar-refractivity contribution is 5.76. The fourth-order valence-corrected chi connectivity index (χ4v) is 3.25. The summed E-state index contributed by atoms with van der Waals surface area (Å²) >= 11 is 0. The van der Waals surface area contributed by atoms with Crippen LogP contribution in [0.3, 0.4) is 0 Å². The summed E-state index contributed by atoms with van der Waals surface area (Å²) in [5.41, 5.74) is 5.33. The standard InChI is InChI=1S/C11H19NO/c1-7(11(12)13)10-5-8-3-2-4-9(8)6-10/h7-10H,2-6H2,1H3,(H2,12,13)/t7?,8-,9+,10?. The molecule has 2 aliphatic carbocycles. The minimum Gasteiger partial charge on any atom is -0.369 e. The summed E-state index contributed by atoms with van der Waals surface area (Å²) in [6, 6.07) is 0. The maximum atomic E-state index is 11.0. The number of rotatable bonds is 2. The quantitative estimate of drug-likeness (QED) is 0.695. The molecule has 0 bridgehead atoms. The van der Waals surface area contributed by atoms with Crippen molar-refractivity contribution in [1.82, 2.24) is 0 Å². The summed E-state index contributed by atoms with van der Waals surface area (Å²) in [7, 11) is 0. The van der Waals surface area contributed by atoms with Crippen molar-refractivity contribution in [1.29, 1.82) is 0 Å². The van der Waals surface area contributed by atoms with Crippen molar-refractivity contribution in [2.45, 2.75) is 39.0 Å². The van der Waals surface area contributed by atoms with Gasteiger partial charge in [0.15, 0.2) is 0 Å². The number of hydrogen-bond acceptors (Lipinski definition) is 1. The van der Waals surface area contributed by atoms with Gasteiger partial charge in [0.2, 0.25) is 5.91 Å². The van der Waals surface area contributed by atoms with Gasteiger partial charge in [-0.25, -0.2) is 0 Å². The zero-order valence-corrected chi connectivity index (χ0v) is 8.33. The number of carbonyl (C=O) groups excluding carboxylic acids is 1. The largest absolute Gasteiger partial charge is 0.369 e. The number of fused-ring (bicyclic) bond motifs is 1. The number of primary amides is 1. The van der Waals surface area contributed by atoms with Crippen LogP contribution in [-0.2, 0) is 4.79 Å². The molecule has 4 atom stereocenters. The molecule has 0 radical (unpaired) electrons. The molecule has 2 nitrogen and oxygen atoms in total. The molecule has 1 amide bonds. The third-order valence-corrected chi connectivity index (χ3v) is 4.18. The number of carbonyl (C=O) groups is 1. The molecule has 0 heterocycles. The van der Waals surface area contributed by atoms with E-state index in [2.05, 4.69) is 0 Å². The van der Waals surface area contributed by atoms with Gasteiger partial charge in [-0.05, 0) is 30.6 Å². The highest BCUT2D eigenvalue weighted by Gasteiger charge is 2.40. The maximum absolute atomic E-state index is 11.0. The fraction of sp³-hybridized carbons (Fsp3) is 0.909. The number of hydrogen-bond donors (Lipinski definition) is 1. The van der Waals surface area contributed by atoms with Gasteiger partial charge in [0.25, 0.3) is 0 Å². The summed E-state index contributed by atoms with van der Waals surface area (Å²) in [5, 5.41) is 0. The van der Waals surface area contributed by atoms with Crippen molar-refractivity contribution >= 4 is 5.91 Å². The van der Waals surface area contributed by atoms with E-state index >= 15 is 0 Å². The number of amides is 1. The van der Waals surface area contributed by atoms with E-state index in [0.717, 1.165) is 11.8 Å². The molecular weight excluding hydrogens is 162 g/mol. The van der Waals surface area contributed by atoms with Gasteiger partial charge in [0.1, 0.15) is 0 Å². The van der Waals surface area contributed by atoms with Gasteiger partial charge in [-0.1, -0.05) is 26.2 Å². The molecule has 2 rings (SSSR count). The van der Waals surface area contributed by atoms with Gasteiger partial charge in [-0.3, -0.25) is 4.79 Å². The highest BCUT2D eigenvalue weighted by atomic mass is 16.1. The molecule has 0 aromatic carbocycles. The third kappa shape index (κ3) is 1.59. The van der Waals surface area contributed by atoms with Crippen LogP contribution in [0.25, 0.3) is 0 Å². The summed E-state index contributed by atoms with van der Waals surface area (Å²) in [5.74, 6) is 2.43. The van der Waals surface area contributed by atoms with Crippen molar-refractivity contribution in [2.75, 3.05) is 0 Å². The molecule has 2 aliphatic rings. The van der Waals surface area contributed by atoms with E-state index in [1.54, 1.807) is 0 Å². The van der Waals surface area contributed by atoms with Gasteiger partial charge in [-0.15, -0.1) is 0 Å². The first-order valence-electron chi connectivity index (χ1n) is 5.47. The van der Waals surface area contributed by atoms with Crippen LogP contribution in [-0.4, -0.2) is 5.91 Å². The van der Waals surface area contributed by atoms with Crippen LogP contribution in [0.4, 0.5) is 0 Å². The summed E-state index contributed by atoms with van der Waals surface area (Å²) in [6.45, 7) is 1.99. The van der Waals surface area contributed by atoms with Crippen molar-refractivity contribution < 1.29 is 4.79 Å². The van der Waals surface area contributed by atoms with Gasteiger partial charge >= 0.3 is 0 Å². The maximum Gasteiger partial charge on any atom is 0.220 e. The third-order valence-electron chi connectivity index (χ3n) is 4.18. The normalized spacial score (nSPS) is 40.2. The second-order valence-electron chi connectivity index (χ2n) is 4.87. The second kappa shape index (κ2) is 3.32. The first-order valence-corrected chi connectivity index (χ1v) is 5.47. The fourth-order valence-electron chi connectivity index (χ4n) is 3.25. The van der Waals surface area contributed by atoms with E-state index in [0.29, 0.717) is 5.92 Å². The van der Waals surface area contributed by atoms with Gasteiger partial charge in [-0.2, -0.15) is 0 Å². The molecule has 0 aromatic rings. The van der Waals surface area contributed by atoms with E-state index in [1.807, 2.05) is 6.92 Å². The zero-order valence-electron chi connectivity index (χ0n) is 8.33. The van der Waals surface area contributed by atoms with E-state index < -0.39 is 0 Å². The Bertz CT molecular complexity index is 202. The predicted octanol–water partition coefficient (Wildman–Crippen LogP) is 1.93. The molecule has 0 aliphatic heterocycles. The van der Waals surface area contributed by atoms with Crippen LogP contribution in [0, 0.1) is 23.7 Å². The molecule has 0 spiro atoms. The van der Waals surface area contributed by atoms with Crippen LogP contribution in [0.5, 0.6) is 0 Å². The Kier molecular flexibility index (Phi) is 2.31. The Labute approximate surface area is 79.9 Å². The second-order valence-corrected chi connectivity index (χ2v) is 4.87. The molecular formula is C11H19NO. The average molecular weight is 181 g/mol. The minimum absolute atomic E-state index is 0.102. The Morgan fingerprint density at radius 2 is 1.85 bits per heavy atom. The predicted molar refractivity (Wildman–Crippen MR) is 51.9 cm³/mol. The Morgan fingerprint density at radius 3 is 2.31 bits per heavy atom. The Morgan fingerprint density at radius 1 is 1.31 bits per heavy atom. The van der Waals surface area contributed by atoms with Gasteiger partial charge < -0.3 is 5.73 Å². The number of nitrogens with two attached hydrogens (primary N) is 1. The van der Waals surface area contributed by atoms with E-state index in [9.17, 15) is 4.79 Å². The minimum atomic E-state index is -0.107. The zero-order chi connectivity index (χ0) is 9.42. The molecule has 2 N–H and O–H groups in total. The lowest BCUT2D eigenvalue weighted by Gasteiger charge is -2.16. The van der Waals surface area contributed by atoms with Crippen molar-refractivity contribution in [3.05, 3.63) is 0 Å². The van der Waals surface area contributed by atoms with Gasteiger partial charge in [0, 0.05) is 5.92 Å². The lowest BCUT2D eigenvalue weighted by atomic mass is 9.90. The first kappa shape index (κ1) is 9.04. The molecule has 2 unspecified atom stereocenters. The summed E-state index contributed by atoms with van der Waals surface area (Å²) < 4.78 is 0. The van der Waals surface area contributed by atoms with Crippen LogP contribution < -0.4 is 5.73 Å². The smallest absolute Gasteiger partial charge is 0.220 e. The average Bonchev–Trinajstić information content (AvgIpc) is 2.59. The molecule has 0 aromatic heterocycles. The van der Waals surface area contributed by atoms with Crippen LogP contribution >= 0.6 is 0 Å². The van der Waals surface area contributed by atoms with E-state index in [-0.39, 0.29) is 11.8 Å². The summed E-state index contributed by atoms with van der Waals surface area (Å²) in [4.78, 5) is 11.0. The monoisotopic (exact) mass is 181 g/mol. The van der Waals surface area contributed by atoms with Crippen molar-refractivity contribution in [3.63, 3.8) is 0 Å². The molecule has 74 valence electrons. The Hall–Kier alpha value is -0.530. The van der Waals surface area contributed by atoms with Crippen LogP contribution in [0.2, 0.25) is 0 Å². The van der Waals surface area contributed by atoms with Crippen LogP contribution in [0.1, 0.15) is 39.0 Å². The molecule has 2 heteroatoms.